The van der Waals surface area contributed by atoms with E-state index in [1.807, 2.05) is 33.8 Å². The molecule has 1 aromatic carbocycles. The second kappa shape index (κ2) is 22.7. The third-order valence-electron chi connectivity index (χ3n) is 19.4. The van der Waals surface area contributed by atoms with Crippen molar-refractivity contribution in [2.45, 2.75) is 247 Å². The van der Waals surface area contributed by atoms with Gasteiger partial charge in [0.2, 0.25) is 0 Å². The summed E-state index contributed by atoms with van der Waals surface area (Å²) >= 11 is 0. The minimum Gasteiger partial charge on any atom is -0.458 e. The summed E-state index contributed by atoms with van der Waals surface area (Å²) < 4.78 is 81.3. The number of hydrogen-bond acceptors (Lipinski definition) is 19. The molecule has 4 saturated heterocycles. The van der Waals surface area contributed by atoms with Gasteiger partial charge in [-0.15, -0.1) is 0 Å². The molecule has 0 spiro atoms. The van der Waals surface area contributed by atoms with E-state index in [2.05, 4.69) is 13.0 Å². The number of hydrogen-bond donors (Lipinski definition) is 5. The molecule has 7 fully saturated rings. The van der Waals surface area contributed by atoms with Crippen LogP contribution < -0.4 is 0 Å². The van der Waals surface area contributed by atoms with Crippen molar-refractivity contribution in [3.63, 3.8) is 0 Å². The van der Waals surface area contributed by atoms with Gasteiger partial charge >= 0.3 is 5.97 Å². The van der Waals surface area contributed by atoms with E-state index in [-0.39, 0.29) is 25.0 Å². The molecule has 0 radical (unpaired) electrons. The average molecular weight is 1060 g/mol. The molecule has 5 N–H and O–H groups in total. The topological polar surface area (TPSA) is 238 Å². The number of aliphatic hydroxyl groups excluding tert-OH is 3. The summed E-state index contributed by atoms with van der Waals surface area (Å²) in [4.78, 5) is 13.7. The fraction of sp³-hybridized carbons (Fsp3) is 0.839. The molecule has 19 nitrogen and oxygen atoms in total. The normalized spacial score (nSPS) is 49.4. The smallest absolute Gasteiger partial charge is 0.338 e. The molecule has 26 atom stereocenters. The van der Waals surface area contributed by atoms with E-state index >= 15 is 0 Å². The Balaban J connectivity index is 0.803. The first-order valence-electron chi connectivity index (χ1n) is 27.4. The van der Waals surface area contributed by atoms with Crippen molar-refractivity contribution in [3.8, 4) is 0 Å². The van der Waals surface area contributed by atoms with E-state index in [0.29, 0.717) is 56.9 Å². The molecule has 0 unspecified atom stereocenters. The molecule has 4 aliphatic carbocycles. The summed E-state index contributed by atoms with van der Waals surface area (Å²) in [6.07, 6.45) is -6.44. The van der Waals surface area contributed by atoms with E-state index in [4.69, 9.17) is 61.6 Å². The van der Waals surface area contributed by atoms with Gasteiger partial charge in [-0.2, -0.15) is 0 Å². The van der Waals surface area contributed by atoms with Crippen molar-refractivity contribution in [2.75, 3.05) is 28.4 Å². The summed E-state index contributed by atoms with van der Waals surface area (Å²) in [7, 11) is 6.28. The maximum Gasteiger partial charge on any atom is 0.338 e. The van der Waals surface area contributed by atoms with Crippen molar-refractivity contribution in [2.24, 2.45) is 22.7 Å². The van der Waals surface area contributed by atoms with Gasteiger partial charge in [-0.25, -0.2) is 4.79 Å². The monoisotopic (exact) mass is 1060 g/mol. The van der Waals surface area contributed by atoms with Gasteiger partial charge in [0.15, 0.2) is 25.2 Å². The number of esters is 1. The quantitative estimate of drug-likeness (QED) is 0.120. The Morgan fingerprint density at radius 2 is 1.21 bits per heavy atom. The lowest BCUT2D eigenvalue weighted by molar-refractivity contribution is -0.355. The van der Waals surface area contributed by atoms with Crippen molar-refractivity contribution in [3.05, 3.63) is 47.5 Å². The van der Waals surface area contributed by atoms with E-state index in [0.717, 1.165) is 5.57 Å². The van der Waals surface area contributed by atoms with Crippen molar-refractivity contribution in [1.29, 1.82) is 0 Å². The number of benzene rings is 1. The zero-order valence-electron chi connectivity index (χ0n) is 45.7. The maximum atomic E-state index is 13.7. The van der Waals surface area contributed by atoms with Crippen LogP contribution in [0, 0.1) is 22.7 Å². The van der Waals surface area contributed by atoms with Gasteiger partial charge in [-0.3, -0.25) is 0 Å². The molecule has 4 heterocycles. The molecule has 8 aliphatic rings. The van der Waals surface area contributed by atoms with Crippen LogP contribution in [-0.4, -0.2) is 194 Å². The molecular formula is C56H86O19. The van der Waals surface area contributed by atoms with Crippen molar-refractivity contribution < 1.29 is 91.9 Å². The SMILES string of the molecule is CO[C@@H]1[C@@H](O)[C@H](O[C@H]2[C@@H](OC)C[C@H](O[C@H]3[C@@H](OC)C[C@H](O[C@H]4[C@@H](OC)C[C@H](O[C@H]5CC[C@@]6(C)C(=CC[C@]7(O)[C@@H]6C[C@@H](OC(=O)c6ccccc6)[C@]6(C)[C@@H]([C@H](C)O)CC[C@@]67O)C5)O[C@@H]4C)O[C@@H]3C)O[C@@H]2C)O[C@H](C)[C@H]1O. The third kappa shape index (κ3) is 10.3. The van der Waals surface area contributed by atoms with Gasteiger partial charge in [0.05, 0.1) is 60.5 Å². The van der Waals surface area contributed by atoms with E-state index in [1.54, 1.807) is 59.4 Å². The van der Waals surface area contributed by atoms with Crippen LogP contribution in [-0.2, 0) is 61.6 Å². The largest absolute Gasteiger partial charge is 0.458 e. The fourth-order valence-electron chi connectivity index (χ4n) is 15.1. The zero-order chi connectivity index (χ0) is 53.9. The lowest BCUT2D eigenvalue weighted by Crippen LogP contribution is -2.75. The molecule has 0 bridgehead atoms. The van der Waals surface area contributed by atoms with Crippen molar-refractivity contribution >= 4 is 5.97 Å². The molecule has 19 heteroatoms. The number of aliphatic hydroxyl groups is 5. The van der Waals surface area contributed by atoms with Crippen LogP contribution in [0.5, 0.6) is 0 Å². The van der Waals surface area contributed by atoms with Gasteiger partial charge in [0.1, 0.15) is 53.9 Å². The van der Waals surface area contributed by atoms with E-state index in [1.165, 1.54) is 7.11 Å². The number of rotatable bonds is 15. The minimum atomic E-state index is -1.62. The Kier molecular flexibility index (Phi) is 17.4. The standard InChI is InChI=1S/C56H86O19/c1-28(57)36-19-22-56(62)54(36,7)41(72-51(60)33-15-13-12-14-16-33)27-40-53(6)20-18-35(23-34(53)17-21-55(40,56)61)71-42-24-37(63-8)47(30(3)67-42)73-43-25-38(64-9)48(31(4)68-43)74-44-26-39(65-10)49(32(5)69-44)75-52-46(59)50(66-11)45(58)29(2)70-52/h12-17,28-32,35-50,52,57-59,61-62H,18-27H2,1-11H3/t28-,29+,30+,31+,32+,35-,36+,37-,38-,39-,40+,41+,42-,43-,44-,45+,46+,47+,48+,49+,50-,52-,53-,54-,55-,56+/m0/s1. The first-order valence-corrected chi connectivity index (χ1v) is 27.4. The predicted molar refractivity (Wildman–Crippen MR) is 267 cm³/mol. The van der Waals surface area contributed by atoms with E-state index < -0.39 is 150 Å². The molecule has 0 amide bonds. The van der Waals surface area contributed by atoms with Crippen molar-refractivity contribution in [1.82, 2.24) is 0 Å². The summed E-state index contributed by atoms with van der Waals surface area (Å²) in [5, 5.41) is 58.5. The Bertz CT molecular complexity index is 2120. The van der Waals surface area contributed by atoms with Crippen LogP contribution in [0.1, 0.15) is 123 Å². The summed E-state index contributed by atoms with van der Waals surface area (Å²) in [6, 6.07) is 8.84. The maximum absolute atomic E-state index is 13.7. The highest BCUT2D eigenvalue weighted by molar-refractivity contribution is 5.89. The molecule has 75 heavy (non-hydrogen) atoms. The minimum absolute atomic E-state index is 0.186. The summed E-state index contributed by atoms with van der Waals surface area (Å²) in [5.41, 5.74) is -3.20. The average Bonchev–Trinajstić information content (AvgIpc) is 3.69. The molecule has 3 saturated carbocycles. The Morgan fingerprint density at radius 1 is 0.667 bits per heavy atom. The highest BCUT2D eigenvalue weighted by atomic mass is 16.8. The number of carbonyl (C=O) groups is 1. The van der Waals surface area contributed by atoms with Crippen LogP contribution in [0.15, 0.2) is 42.0 Å². The number of ether oxygens (including phenoxy) is 13. The molecule has 1 aromatic rings. The first kappa shape index (κ1) is 57.4. The molecule has 424 valence electrons. The lowest BCUT2D eigenvalue weighted by Gasteiger charge is -2.66. The molecule has 4 aliphatic heterocycles. The third-order valence-corrected chi connectivity index (χ3v) is 19.4. The predicted octanol–water partition coefficient (Wildman–Crippen LogP) is 4.48. The van der Waals surface area contributed by atoms with Gasteiger partial charge < -0.3 is 87.1 Å². The first-order chi connectivity index (χ1) is 35.6. The van der Waals surface area contributed by atoms with Gasteiger partial charge in [0.25, 0.3) is 0 Å². The highest BCUT2D eigenvalue weighted by Gasteiger charge is 2.77. The summed E-state index contributed by atoms with van der Waals surface area (Å²) in [6.45, 7) is 13.2. The van der Waals surface area contributed by atoms with E-state index in [9.17, 15) is 30.3 Å². The molecule has 9 rings (SSSR count). The van der Waals surface area contributed by atoms with Crippen LogP contribution >= 0.6 is 0 Å². The second-order valence-electron chi connectivity index (χ2n) is 23.4. The number of fused-ring (bicyclic) bond motifs is 5. The van der Waals surface area contributed by atoms with Gasteiger partial charge in [-0.1, -0.05) is 43.7 Å². The second-order valence-corrected chi connectivity index (χ2v) is 23.4. The van der Waals surface area contributed by atoms with Gasteiger partial charge in [0, 0.05) is 59.0 Å². The Hall–Kier alpha value is -2.25. The Morgan fingerprint density at radius 3 is 1.75 bits per heavy atom. The summed E-state index contributed by atoms with van der Waals surface area (Å²) in [5.74, 6) is -1.31. The van der Waals surface area contributed by atoms with Crippen LogP contribution in [0.25, 0.3) is 0 Å². The zero-order valence-corrected chi connectivity index (χ0v) is 45.7. The van der Waals surface area contributed by atoms with Crippen LogP contribution in [0.2, 0.25) is 0 Å². The number of methoxy groups -OCH3 is 4. The fourth-order valence-corrected chi connectivity index (χ4v) is 15.1. The van der Waals surface area contributed by atoms with Gasteiger partial charge in [-0.05, 0) is 103 Å². The van der Waals surface area contributed by atoms with Crippen LogP contribution in [0.3, 0.4) is 0 Å². The molecular weight excluding hydrogens is 977 g/mol. The van der Waals surface area contributed by atoms with Crippen LogP contribution in [0.4, 0.5) is 0 Å². The Labute approximate surface area is 442 Å². The number of carbonyl (C=O) groups excluding carboxylic acids is 1. The highest BCUT2D eigenvalue weighted by Crippen LogP contribution is 2.70. The lowest BCUT2D eigenvalue weighted by atomic mass is 9.42. The molecule has 0 aromatic heterocycles.